The zero-order chi connectivity index (χ0) is 22.9. The van der Waals surface area contributed by atoms with Crippen molar-refractivity contribution < 1.29 is 0 Å². The molecule has 0 aliphatic carbocycles. The number of thiophene rings is 2. The van der Waals surface area contributed by atoms with Crippen LogP contribution in [-0.4, -0.2) is 9.13 Å². The number of pyridine rings is 2. The van der Waals surface area contributed by atoms with Crippen molar-refractivity contribution in [2.45, 2.75) is 54.6 Å². The summed E-state index contributed by atoms with van der Waals surface area (Å²) in [6.45, 7) is 14.1. The Kier molecular flexibility index (Phi) is 5.06. The standard InChI is InChI=1S/C26H28N2O2S2/c1-13(2)11-27-21-7-15(5)31-23(21)17-10-20-18(9-19(17)25(27)29)24-22(8-16(6)32-24)28(26(20)30)12-14(3)4/h7-10,13-14H,11-12H2,1-6H3. The summed E-state index contributed by atoms with van der Waals surface area (Å²) in [6, 6.07) is 8.18. The topological polar surface area (TPSA) is 44.0 Å². The molecule has 1 aromatic carbocycles. The molecule has 4 aromatic heterocycles. The van der Waals surface area contributed by atoms with E-state index in [-0.39, 0.29) is 11.1 Å². The minimum atomic E-state index is 0.0358. The molecule has 0 unspecified atom stereocenters. The fourth-order valence-electron chi connectivity index (χ4n) is 4.72. The number of hydrogen-bond acceptors (Lipinski definition) is 4. The fraction of sp³-hybridized carbons (Fsp3) is 0.385. The average Bonchev–Trinajstić information content (AvgIpc) is 3.29. The number of nitrogens with zero attached hydrogens (tertiary/aromatic N) is 2. The highest BCUT2D eigenvalue weighted by Crippen LogP contribution is 2.36. The van der Waals surface area contributed by atoms with Gasteiger partial charge >= 0.3 is 0 Å². The van der Waals surface area contributed by atoms with E-state index in [1.54, 1.807) is 22.7 Å². The summed E-state index contributed by atoms with van der Waals surface area (Å²) in [7, 11) is 0. The molecule has 0 N–H and O–H groups in total. The molecule has 0 spiro atoms. The van der Waals surface area contributed by atoms with Crippen molar-refractivity contribution in [1.29, 1.82) is 0 Å². The zero-order valence-corrected chi connectivity index (χ0v) is 21.0. The van der Waals surface area contributed by atoms with E-state index in [1.807, 2.05) is 21.3 Å². The molecule has 0 saturated heterocycles. The Hall–Kier alpha value is -2.44. The Morgan fingerprint density at radius 3 is 1.38 bits per heavy atom. The maximum absolute atomic E-state index is 13.7. The lowest BCUT2D eigenvalue weighted by Crippen LogP contribution is -2.24. The molecular weight excluding hydrogens is 436 g/mol. The second kappa shape index (κ2) is 7.56. The van der Waals surface area contributed by atoms with E-state index in [0.717, 1.165) is 31.2 Å². The van der Waals surface area contributed by atoms with E-state index < -0.39 is 0 Å². The number of benzene rings is 1. The van der Waals surface area contributed by atoms with E-state index in [1.165, 1.54) is 9.75 Å². The summed E-state index contributed by atoms with van der Waals surface area (Å²) < 4.78 is 6.04. The van der Waals surface area contributed by atoms with Gasteiger partial charge in [0.15, 0.2) is 0 Å². The summed E-state index contributed by atoms with van der Waals surface area (Å²) in [5.41, 5.74) is 2.03. The van der Waals surface area contributed by atoms with Crippen molar-refractivity contribution >= 4 is 64.7 Å². The SMILES string of the molecule is Cc1cc2c(s1)c1cc3c(=O)n(CC(C)C)c4cc(C)sc4c3cc1c(=O)n2CC(C)C. The van der Waals surface area contributed by atoms with Crippen LogP contribution >= 0.6 is 22.7 Å². The molecule has 32 heavy (non-hydrogen) atoms. The van der Waals surface area contributed by atoms with Crippen molar-refractivity contribution in [3.63, 3.8) is 0 Å². The molecule has 6 heteroatoms. The molecule has 0 fully saturated rings. The molecule has 0 aliphatic rings. The Balaban J connectivity index is 2.00. The third kappa shape index (κ3) is 3.23. The van der Waals surface area contributed by atoms with E-state index in [4.69, 9.17) is 0 Å². The zero-order valence-electron chi connectivity index (χ0n) is 19.4. The van der Waals surface area contributed by atoms with Crippen LogP contribution in [0.2, 0.25) is 0 Å². The van der Waals surface area contributed by atoms with Gasteiger partial charge in [0.2, 0.25) is 0 Å². The lowest BCUT2D eigenvalue weighted by molar-refractivity contribution is 0.525. The van der Waals surface area contributed by atoms with Gasteiger partial charge in [-0.25, -0.2) is 0 Å². The summed E-state index contributed by atoms with van der Waals surface area (Å²) in [5.74, 6) is 0.729. The largest absolute Gasteiger partial charge is 0.307 e. The van der Waals surface area contributed by atoms with Gasteiger partial charge in [-0.1, -0.05) is 27.7 Å². The van der Waals surface area contributed by atoms with Gasteiger partial charge in [0.25, 0.3) is 11.1 Å². The molecular formula is C26H28N2O2S2. The lowest BCUT2D eigenvalue weighted by atomic mass is 10.0. The molecule has 0 amide bonds. The number of rotatable bonds is 4. The smallest absolute Gasteiger partial charge is 0.259 e. The maximum Gasteiger partial charge on any atom is 0.259 e. The van der Waals surface area contributed by atoms with Gasteiger partial charge in [-0.3, -0.25) is 9.59 Å². The third-order valence-electron chi connectivity index (χ3n) is 5.95. The van der Waals surface area contributed by atoms with Crippen molar-refractivity contribution in [3.8, 4) is 0 Å². The van der Waals surface area contributed by atoms with Gasteiger partial charge in [0.1, 0.15) is 0 Å². The third-order valence-corrected chi connectivity index (χ3v) is 8.09. The highest BCUT2D eigenvalue weighted by atomic mass is 32.1. The molecule has 4 nitrogen and oxygen atoms in total. The summed E-state index contributed by atoms with van der Waals surface area (Å²) >= 11 is 3.41. The van der Waals surface area contributed by atoms with E-state index in [2.05, 4.69) is 53.7 Å². The predicted octanol–water partition coefficient (Wildman–Crippen LogP) is 6.67. The molecule has 5 aromatic rings. The first-order valence-electron chi connectivity index (χ1n) is 11.2. The van der Waals surface area contributed by atoms with E-state index >= 15 is 0 Å². The summed E-state index contributed by atoms with van der Waals surface area (Å²) in [4.78, 5) is 29.7. The molecule has 0 saturated carbocycles. The second-order valence-corrected chi connectivity index (χ2v) is 12.2. The van der Waals surface area contributed by atoms with Crippen molar-refractivity contribution in [2.75, 3.05) is 0 Å². The van der Waals surface area contributed by atoms with E-state index in [0.29, 0.717) is 35.7 Å². The molecule has 4 heterocycles. The monoisotopic (exact) mass is 464 g/mol. The first kappa shape index (κ1) is 21.4. The molecule has 0 aliphatic heterocycles. The van der Waals surface area contributed by atoms with Gasteiger partial charge in [-0.2, -0.15) is 0 Å². The quantitative estimate of drug-likeness (QED) is 0.279. The highest BCUT2D eigenvalue weighted by Gasteiger charge is 2.19. The molecule has 0 bridgehead atoms. The molecule has 0 atom stereocenters. The van der Waals surface area contributed by atoms with Gasteiger partial charge < -0.3 is 9.13 Å². The number of hydrogen-bond donors (Lipinski definition) is 0. The minimum Gasteiger partial charge on any atom is -0.307 e. The van der Waals surface area contributed by atoms with Gasteiger partial charge in [0.05, 0.1) is 20.4 Å². The van der Waals surface area contributed by atoms with Gasteiger partial charge in [-0.15, -0.1) is 22.7 Å². The van der Waals surface area contributed by atoms with Crippen LogP contribution in [0.4, 0.5) is 0 Å². The van der Waals surface area contributed by atoms with Crippen LogP contribution in [0, 0.1) is 25.7 Å². The molecule has 5 rings (SSSR count). The van der Waals surface area contributed by atoms with Gasteiger partial charge in [-0.05, 0) is 49.9 Å². The van der Waals surface area contributed by atoms with Crippen LogP contribution < -0.4 is 11.1 Å². The maximum atomic E-state index is 13.7. The first-order chi connectivity index (χ1) is 15.2. The summed E-state index contributed by atoms with van der Waals surface area (Å²) in [6.07, 6.45) is 0. The first-order valence-corrected chi connectivity index (χ1v) is 12.8. The summed E-state index contributed by atoms with van der Waals surface area (Å²) in [5, 5.41) is 3.22. The van der Waals surface area contributed by atoms with Crippen LogP contribution in [0.1, 0.15) is 37.4 Å². The Labute approximate surface area is 194 Å². The van der Waals surface area contributed by atoms with Crippen molar-refractivity contribution in [1.82, 2.24) is 9.13 Å². The lowest BCUT2D eigenvalue weighted by Gasteiger charge is -2.15. The fourth-order valence-corrected chi connectivity index (χ4v) is 6.81. The van der Waals surface area contributed by atoms with Crippen molar-refractivity contribution in [2.24, 2.45) is 11.8 Å². The normalized spacial score (nSPS) is 12.5. The number of aryl methyl sites for hydroxylation is 2. The number of fused-ring (bicyclic) bond motifs is 6. The van der Waals surface area contributed by atoms with Crippen LogP contribution in [0.25, 0.3) is 42.0 Å². The second-order valence-electron chi connectivity index (χ2n) is 9.71. The average molecular weight is 465 g/mol. The van der Waals surface area contributed by atoms with Crippen LogP contribution in [0.5, 0.6) is 0 Å². The Morgan fingerprint density at radius 2 is 1.03 bits per heavy atom. The van der Waals surface area contributed by atoms with Crippen LogP contribution in [0.3, 0.4) is 0 Å². The van der Waals surface area contributed by atoms with Crippen LogP contribution in [0.15, 0.2) is 33.9 Å². The van der Waals surface area contributed by atoms with Crippen molar-refractivity contribution in [3.05, 3.63) is 54.7 Å². The Morgan fingerprint density at radius 1 is 0.656 bits per heavy atom. The molecule has 166 valence electrons. The van der Waals surface area contributed by atoms with Gasteiger partial charge in [0, 0.05) is 44.4 Å². The highest BCUT2D eigenvalue weighted by molar-refractivity contribution is 7.20. The number of aromatic nitrogens is 2. The molecule has 0 radical (unpaired) electrons. The minimum absolute atomic E-state index is 0.0358. The van der Waals surface area contributed by atoms with E-state index in [9.17, 15) is 9.59 Å². The predicted molar refractivity (Wildman–Crippen MR) is 140 cm³/mol. The van der Waals surface area contributed by atoms with Crippen LogP contribution in [-0.2, 0) is 13.1 Å². The Bertz CT molecular complexity index is 1520.